The number of halogens is 4. The Morgan fingerprint density at radius 2 is 1.59 bits per heavy atom. The number of ether oxygens (including phenoxy) is 1. The average molecular weight is 461 g/mol. The minimum atomic E-state index is -4.19. The summed E-state index contributed by atoms with van der Waals surface area (Å²) in [5, 5.41) is -0.0191. The van der Waals surface area contributed by atoms with E-state index in [0.29, 0.717) is 6.07 Å². The molecular formula is C23H15F4NO3S. The van der Waals surface area contributed by atoms with Crippen molar-refractivity contribution in [1.82, 2.24) is 3.97 Å². The topological polar surface area (TPSA) is 51.6 Å². The van der Waals surface area contributed by atoms with Gasteiger partial charge >= 0.3 is 5.92 Å². The molecule has 2 heterocycles. The molecule has 0 spiro atoms. The lowest BCUT2D eigenvalue weighted by molar-refractivity contribution is -0.0854. The van der Waals surface area contributed by atoms with Crippen molar-refractivity contribution in [2.45, 2.75) is 16.4 Å². The molecule has 1 fully saturated rings. The van der Waals surface area contributed by atoms with E-state index >= 15 is 8.78 Å². The molecule has 1 saturated heterocycles. The molecule has 1 atom stereocenters. The van der Waals surface area contributed by atoms with Gasteiger partial charge in [0, 0.05) is 23.2 Å². The summed E-state index contributed by atoms with van der Waals surface area (Å²) < 4.78 is 91.8. The van der Waals surface area contributed by atoms with E-state index < -0.39 is 50.9 Å². The maximum atomic E-state index is 15.9. The van der Waals surface area contributed by atoms with Crippen LogP contribution in [0.3, 0.4) is 0 Å². The molecule has 1 aliphatic rings. The highest BCUT2D eigenvalue weighted by molar-refractivity contribution is 7.90. The largest absolute Gasteiger partial charge is 0.357 e. The fraction of sp³-hybridized carbons (Fsp3) is 0.130. The number of para-hydroxylation sites is 1. The van der Waals surface area contributed by atoms with Crippen LogP contribution in [0.2, 0.25) is 0 Å². The summed E-state index contributed by atoms with van der Waals surface area (Å²) in [4.78, 5) is -0.0717. The van der Waals surface area contributed by atoms with Gasteiger partial charge in [-0.3, -0.25) is 0 Å². The zero-order valence-electron chi connectivity index (χ0n) is 16.3. The van der Waals surface area contributed by atoms with E-state index in [1.54, 1.807) is 6.07 Å². The number of fused-ring (bicyclic) bond motifs is 1. The number of rotatable bonds is 5. The van der Waals surface area contributed by atoms with Gasteiger partial charge in [0.1, 0.15) is 11.6 Å². The van der Waals surface area contributed by atoms with Crippen molar-refractivity contribution in [3.63, 3.8) is 0 Å². The van der Waals surface area contributed by atoms with Crippen LogP contribution in [0.5, 0.6) is 0 Å². The van der Waals surface area contributed by atoms with Gasteiger partial charge in [0.15, 0.2) is 5.60 Å². The average Bonchev–Trinajstić information content (AvgIpc) is 3.48. The zero-order chi connectivity index (χ0) is 22.7. The Morgan fingerprint density at radius 1 is 0.938 bits per heavy atom. The van der Waals surface area contributed by atoms with E-state index in [9.17, 15) is 17.2 Å². The summed E-state index contributed by atoms with van der Waals surface area (Å²) in [5.41, 5.74) is -3.45. The Kier molecular flexibility index (Phi) is 4.48. The van der Waals surface area contributed by atoms with Gasteiger partial charge in [-0.1, -0.05) is 36.4 Å². The van der Waals surface area contributed by atoms with Crippen molar-refractivity contribution < 1.29 is 30.7 Å². The first-order valence-corrected chi connectivity index (χ1v) is 11.0. The first-order valence-electron chi connectivity index (χ1n) is 9.57. The van der Waals surface area contributed by atoms with Crippen molar-refractivity contribution in [1.29, 1.82) is 0 Å². The van der Waals surface area contributed by atoms with E-state index in [0.717, 1.165) is 22.3 Å². The zero-order valence-corrected chi connectivity index (χ0v) is 17.1. The van der Waals surface area contributed by atoms with Gasteiger partial charge in [-0.05, 0) is 30.3 Å². The molecule has 32 heavy (non-hydrogen) atoms. The highest BCUT2D eigenvalue weighted by Gasteiger charge is 2.68. The predicted octanol–water partition coefficient (Wildman–Crippen LogP) is 5.17. The van der Waals surface area contributed by atoms with Gasteiger partial charge in [-0.15, -0.1) is 0 Å². The fourth-order valence-electron chi connectivity index (χ4n) is 3.92. The van der Waals surface area contributed by atoms with Crippen molar-refractivity contribution in [3.8, 4) is 0 Å². The highest BCUT2D eigenvalue weighted by atomic mass is 32.2. The summed E-state index contributed by atoms with van der Waals surface area (Å²) in [7, 11) is -4.19. The quantitative estimate of drug-likeness (QED) is 0.304. The molecule has 5 rings (SSSR count). The summed E-state index contributed by atoms with van der Waals surface area (Å²) in [5.74, 6) is -5.89. The molecule has 0 N–H and O–H groups in total. The van der Waals surface area contributed by atoms with Crippen LogP contribution >= 0.6 is 0 Å². The Hall–Kier alpha value is -3.17. The molecule has 1 aliphatic heterocycles. The molecule has 1 aromatic heterocycles. The first-order chi connectivity index (χ1) is 15.2. The maximum absolute atomic E-state index is 15.9. The van der Waals surface area contributed by atoms with E-state index in [2.05, 4.69) is 0 Å². The Morgan fingerprint density at radius 3 is 2.25 bits per heavy atom. The Balaban J connectivity index is 1.72. The maximum Gasteiger partial charge on any atom is 0.310 e. The van der Waals surface area contributed by atoms with Crippen molar-refractivity contribution in [2.24, 2.45) is 0 Å². The lowest BCUT2D eigenvalue weighted by Crippen LogP contribution is -2.33. The molecule has 4 aromatic rings. The monoisotopic (exact) mass is 461 g/mol. The van der Waals surface area contributed by atoms with E-state index in [4.69, 9.17) is 4.74 Å². The van der Waals surface area contributed by atoms with Crippen LogP contribution in [0, 0.1) is 11.6 Å². The van der Waals surface area contributed by atoms with E-state index in [1.807, 2.05) is 0 Å². The number of epoxide rings is 1. The first kappa shape index (κ1) is 20.7. The number of hydrogen-bond acceptors (Lipinski definition) is 3. The number of alkyl halides is 2. The second-order valence-electron chi connectivity index (χ2n) is 7.49. The number of aromatic nitrogens is 1. The smallest absolute Gasteiger partial charge is 0.310 e. The van der Waals surface area contributed by atoms with Crippen LogP contribution in [-0.2, 0) is 26.3 Å². The molecule has 3 aromatic carbocycles. The summed E-state index contributed by atoms with van der Waals surface area (Å²) in [6, 6.07) is 15.5. The third-order valence-corrected chi connectivity index (χ3v) is 7.31. The SMILES string of the molecule is O=S(=O)(c1ccccc1)n1cc(C(F)(F)C2(c3ccc(F)cc3F)CO2)c2ccccc21. The van der Waals surface area contributed by atoms with Crippen molar-refractivity contribution >= 4 is 20.9 Å². The van der Waals surface area contributed by atoms with Crippen LogP contribution in [0.25, 0.3) is 10.9 Å². The van der Waals surface area contributed by atoms with Crippen LogP contribution in [0.1, 0.15) is 11.1 Å². The van der Waals surface area contributed by atoms with Gasteiger partial charge in [0.2, 0.25) is 0 Å². The van der Waals surface area contributed by atoms with Gasteiger partial charge in [0.05, 0.1) is 22.6 Å². The predicted molar refractivity (Wildman–Crippen MR) is 109 cm³/mol. The fourth-order valence-corrected chi connectivity index (χ4v) is 5.31. The van der Waals surface area contributed by atoms with Crippen LogP contribution in [0.15, 0.2) is 83.9 Å². The highest BCUT2D eigenvalue weighted by Crippen LogP contribution is 2.58. The van der Waals surface area contributed by atoms with Gasteiger partial charge in [-0.25, -0.2) is 21.2 Å². The van der Waals surface area contributed by atoms with Gasteiger partial charge in [-0.2, -0.15) is 8.78 Å². The lowest BCUT2D eigenvalue weighted by Gasteiger charge is -2.24. The summed E-state index contributed by atoms with van der Waals surface area (Å²) >= 11 is 0. The number of nitrogens with zero attached hydrogens (tertiary/aromatic N) is 1. The summed E-state index contributed by atoms with van der Waals surface area (Å²) in [6.45, 7) is -0.506. The minimum Gasteiger partial charge on any atom is -0.357 e. The number of benzene rings is 3. The molecule has 0 aliphatic carbocycles. The van der Waals surface area contributed by atoms with E-state index in [-0.39, 0.29) is 15.8 Å². The van der Waals surface area contributed by atoms with Crippen LogP contribution < -0.4 is 0 Å². The third kappa shape index (κ3) is 2.88. The second-order valence-corrected chi connectivity index (χ2v) is 9.30. The lowest BCUT2D eigenvalue weighted by atomic mass is 9.88. The van der Waals surface area contributed by atoms with E-state index in [1.165, 1.54) is 48.5 Å². The normalized spacial score (nSPS) is 18.8. The second kappa shape index (κ2) is 6.91. The minimum absolute atomic E-state index is 0.0191. The van der Waals surface area contributed by atoms with Gasteiger partial charge in [0.25, 0.3) is 10.0 Å². The molecule has 4 nitrogen and oxygen atoms in total. The standard InChI is InChI=1S/C23H15F4NO3S/c24-15-10-11-18(20(25)12-15)22(14-31-22)23(26,27)19-13-28(21-9-5-4-8-17(19)21)32(29,30)16-6-2-1-3-7-16/h1-13H,14H2. The molecule has 0 radical (unpaired) electrons. The van der Waals surface area contributed by atoms with Crippen molar-refractivity contribution in [3.05, 3.63) is 102 Å². The summed E-state index contributed by atoms with van der Waals surface area (Å²) in [6.07, 6.45) is 0.845. The van der Waals surface area contributed by atoms with Crippen LogP contribution in [-0.4, -0.2) is 19.0 Å². The Labute approximate surface area is 180 Å². The Bertz CT molecular complexity index is 1440. The molecule has 1 unspecified atom stereocenters. The molecule has 0 amide bonds. The molecule has 0 saturated carbocycles. The molecule has 9 heteroatoms. The van der Waals surface area contributed by atoms with Crippen LogP contribution in [0.4, 0.5) is 17.6 Å². The van der Waals surface area contributed by atoms with Crippen molar-refractivity contribution in [2.75, 3.05) is 6.61 Å². The third-order valence-electron chi connectivity index (χ3n) is 5.62. The molecule has 164 valence electrons. The molecular weight excluding hydrogens is 446 g/mol. The van der Waals surface area contributed by atoms with Gasteiger partial charge < -0.3 is 4.74 Å². The molecule has 0 bridgehead atoms. The number of hydrogen-bond donors (Lipinski definition) is 0.